The zero-order valence-electron chi connectivity index (χ0n) is 14.4. The van der Waals surface area contributed by atoms with Crippen LogP contribution in [0, 0.1) is 0 Å². The van der Waals surface area contributed by atoms with Gasteiger partial charge in [-0.3, -0.25) is 9.67 Å². The van der Waals surface area contributed by atoms with Crippen LogP contribution in [0.2, 0.25) is 5.02 Å². The number of aliphatic imine (C=N–C) groups is 1. The lowest BCUT2D eigenvalue weighted by Crippen LogP contribution is -2.23. The smallest absolute Gasteiger partial charge is 0.193 e. The van der Waals surface area contributed by atoms with E-state index in [4.69, 9.17) is 22.1 Å². The third kappa shape index (κ3) is 3.94. The van der Waals surface area contributed by atoms with E-state index in [0.717, 1.165) is 16.7 Å². The van der Waals surface area contributed by atoms with Gasteiger partial charge in [0.15, 0.2) is 11.6 Å². The number of benzene rings is 1. The highest BCUT2D eigenvalue weighted by atomic mass is 35.5. The van der Waals surface area contributed by atoms with Crippen molar-refractivity contribution in [2.45, 2.75) is 0 Å². The van der Waals surface area contributed by atoms with Crippen molar-refractivity contribution in [3.05, 3.63) is 35.7 Å². The maximum Gasteiger partial charge on any atom is 0.193 e. The van der Waals surface area contributed by atoms with Crippen molar-refractivity contribution < 1.29 is 4.74 Å². The van der Waals surface area contributed by atoms with E-state index in [1.165, 1.54) is 6.33 Å². The Bertz CT molecular complexity index is 939. The molecule has 0 bridgehead atoms. The Kier molecular flexibility index (Phi) is 5.37. The highest BCUT2D eigenvalue weighted by molar-refractivity contribution is 6.32. The molecule has 0 unspecified atom stereocenters. The fraction of sp³-hybridized carbons (Fsp3) is 0.250. The molecule has 2 heterocycles. The topological polar surface area (TPSA) is 115 Å². The number of aryl methyl sites for hydroxylation is 1. The summed E-state index contributed by atoms with van der Waals surface area (Å²) in [6.07, 6.45) is 3.23. The van der Waals surface area contributed by atoms with Gasteiger partial charge in [-0.15, -0.1) is 0 Å². The number of nitrogens with two attached hydrogens (primary N) is 1. The molecule has 0 amide bonds. The van der Waals surface area contributed by atoms with Crippen molar-refractivity contribution in [2.24, 2.45) is 17.8 Å². The molecule has 0 aliphatic rings. The van der Waals surface area contributed by atoms with Crippen LogP contribution >= 0.6 is 11.6 Å². The van der Waals surface area contributed by atoms with E-state index in [2.05, 4.69) is 30.7 Å². The molecule has 2 aromatic heterocycles. The maximum atomic E-state index is 6.08. The summed E-state index contributed by atoms with van der Waals surface area (Å²) >= 11 is 6.08. The van der Waals surface area contributed by atoms with E-state index in [9.17, 15) is 0 Å². The van der Waals surface area contributed by atoms with E-state index >= 15 is 0 Å². The molecule has 0 spiro atoms. The summed E-state index contributed by atoms with van der Waals surface area (Å²) in [5.41, 5.74) is 7.40. The second-order valence-electron chi connectivity index (χ2n) is 5.40. The summed E-state index contributed by atoms with van der Waals surface area (Å²) in [4.78, 5) is 12.7. The Morgan fingerprint density at radius 2 is 2.23 bits per heavy atom. The first-order chi connectivity index (χ1) is 12.6. The van der Waals surface area contributed by atoms with Crippen molar-refractivity contribution in [1.82, 2.24) is 19.7 Å². The van der Waals surface area contributed by atoms with E-state index in [0.29, 0.717) is 35.6 Å². The van der Waals surface area contributed by atoms with Crippen molar-refractivity contribution in [1.29, 1.82) is 0 Å². The molecule has 26 heavy (non-hydrogen) atoms. The molecular weight excluding hydrogens is 356 g/mol. The van der Waals surface area contributed by atoms with E-state index in [1.54, 1.807) is 30.1 Å². The minimum Gasteiger partial charge on any atom is -0.495 e. The molecule has 0 radical (unpaired) electrons. The third-order valence-corrected chi connectivity index (χ3v) is 3.94. The number of nitrogens with one attached hydrogen (secondary N) is 2. The monoisotopic (exact) mass is 374 g/mol. The van der Waals surface area contributed by atoms with E-state index in [-0.39, 0.29) is 0 Å². The maximum absolute atomic E-state index is 6.08. The lowest BCUT2D eigenvalue weighted by atomic mass is 10.3. The van der Waals surface area contributed by atoms with Gasteiger partial charge in [-0.05, 0) is 18.2 Å². The zero-order valence-corrected chi connectivity index (χ0v) is 15.2. The van der Waals surface area contributed by atoms with Gasteiger partial charge in [0.1, 0.15) is 17.9 Å². The predicted molar refractivity (Wildman–Crippen MR) is 103 cm³/mol. The second kappa shape index (κ2) is 7.87. The van der Waals surface area contributed by atoms with Crippen LogP contribution < -0.4 is 21.1 Å². The molecule has 4 N–H and O–H groups in total. The van der Waals surface area contributed by atoms with E-state index < -0.39 is 0 Å². The Balaban J connectivity index is 1.55. The Hall–Kier alpha value is -3.07. The molecule has 1 aromatic carbocycles. The average molecular weight is 375 g/mol. The zero-order chi connectivity index (χ0) is 18.5. The number of aromatic nitrogens is 4. The Labute approximate surface area is 155 Å². The van der Waals surface area contributed by atoms with Crippen molar-refractivity contribution in [3.63, 3.8) is 0 Å². The SMILES string of the molecule is COc1ccc(NC(N)=NCCNc2ncnc3c2cnn3C)cc1Cl. The normalized spacial score (nSPS) is 11.6. The minimum atomic E-state index is 0.294. The number of anilines is 2. The van der Waals surface area contributed by atoms with Gasteiger partial charge in [0.2, 0.25) is 0 Å². The van der Waals surface area contributed by atoms with Crippen molar-refractivity contribution in [3.8, 4) is 5.75 Å². The summed E-state index contributed by atoms with van der Waals surface area (Å²) in [6.45, 7) is 1.03. The van der Waals surface area contributed by atoms with Crippen molar-refractivity contribution >= 4 is 40.1 Å². The highest BCUT2D eigenvalue weighted by Gasteiger charge is 2.07. The average Bonchev–Trinajstić information content (AvgIpc) is 3.01. The first-order valence-corrected chi connectivity index (χ1v) is 8.23. The summed E-state index contributed by atoms with van der Waals surface area (Å²) in [5, 5.41) is 11.7. The van der Waals surface area contributed by atoms with Crippen LogP contribution in [0.5, 0.6) is 5.75 Å². The van der Waals surface area contributed by atoms with Gasteiger partial charge in [0.25, 0.3) is 0 Å². The fourth-order valence-corrected chi connectivity index (χ4v) is 2.64. The number of halogens is 1. The van der Waals surface area contributed by atoms with Crippen LogP contribution in [0.3, 0.4) is 0 Å². The number of nitrogens with zero attached hydrogens (tertiary/aromatic N) is 5. The molecule has 0 aliphatic carbocycles. The first kappa shape index (κ1) is 17.7. The second-order valence-corrected chi connectivity index (χ2v) is 5.80. The van der Waals surface area contributed by atoms with Gasteiger partial charge >= 0.3 is 0 Å². The van der Waals surface area contributed by atoms with Crippen LogP contribution in [0.25, 0.3) is 11.0 Å². The largest absolute Gasteiger partial charge is 0.495 e. The number of fused-ring (bicyclic) bond motifs is 1. The third-order valence-electron chi connectivity index (χ3n) is 3.64. The van der Waals surface area contributed by atoms with Crippen molar-refractivity contribution in [2.75, 3.05) is 30.8 Å². The highest BCUT2D eigenvalue weighted by Crippen LogP contribution is 2.27. The van der Waals surface area contributed by atoms with Gasteiger partial charge in [-0.2, -0.15) is 5.10 Å². The van der Waals surface area contributed by atoms with Crippen LogP contribution in [-0.2, 0) is 7.05 Å². The number of ether oxygens (including phenoxy) is 1. The summed E-state index contributed by atoms with van der Waals surface area (Å²) in [6, 6.07) is 5.29. The molecule has 9 nitrogen and oxygen atoms in total. The van der Waals surface area contributed by atoms with Gasteiger partial charge in [0, 0.05) is 19.3 Å². The summed E-state index contributed by atoms with van der Waals surface area (Å²) in [7, 11) is 3.40. The molecule has 0 aliphatic heterocycles. The van der Waals surface area contributed by atoms with Crippen LogP contribution in [-0.4, -0.2) is 45.9 Å². The van der Waals surface area contributed by atoms with Gasteiger partial charge in [-0.25, -0.2) is 9.97 Å². The lowest BCUT2D eigenvalue weighted by Gasteiger charge is -2.09. The number of hydrogen-bond donors (Lipinski definition) is 3. The number of hydrogen-bond acceptors (Lipinski definition) is 6. The molecule has 0 saturated carbocycles. The quantitative estimate of drug-likeness (QED) is 0.342. The first-order valence-electron chi connectivity index (χ1n) is 7.85. The van der Waals surface area contributed by atoms with E-state index in [1.807, 2.05) is 13.1 Å². The molecule has 0 fully saturated rings. The minimum absolute atomic E-state index is 0.294. The molecule has 0 atom stereocenters. The Morgan fingerprint density at radius 3 is 3.00 bits per heavy atom. The number of rotatable bonds is 6. The van der Waals surface area contributed by atoms with Crippen LogP contribution in [0.4, 0.5) is 11.5 Å². The van der Waals surface area contributed by atoms with Gasteiger partial charge in [-0.1, -0.05) is 11.6 Å². The lowest BCUT2D eigenvalue weighted by molar-refractivity contribution is 0.415. The molecule has 0 saturated heterocycles. The van der Waals surface area contributed by atoms with Crippen LogP contribution in [0.1, 0.15) is 0 Å². The molecule has 10 heteroatoms. The Morgan fingerprint density at radius 1 is 1.38 bits per heavy atom. The fourth-order valence-electron chi connectivity index (χ4n) is 2.39. The molecule has 3 rings (SSSR count). The predicted octanol–water partition coefficient (Wildman–Crippen LogP) is 1.86. The summed E-state index contributed by atoms with van der Waals surface area (Å²) in [5.74, 6) is 1.61. The van der Waals surface area contributed by atoms with Crippen LogP contribution in [0.15, 0.2) is 35.7 Å². The summed E-state index contributed by atoms with van der Waals surface area (Å²) < 4.78 is 6.81. The van der Waals surface area contributed by atoms with Gasteiger partial charge in [0.05, 0.1) is 30.3 Å². The number of methoxy groups -OCH3 is 1. The molecular formula is C16H19ClN8O. The standard InChI is InChI=1S/C16H19ClN8O/c1-25-15-11(8-23-25)14(21-9-22-15)19-5-6-20-16(18)24-10-3-4-13(26-2)12(17)7-10/h3-4,7-9H,5-6H2,1-2H3,(H3,18,20,24)(H,19,21,22). The van der Waals surface area contributed by atoms with Gasteiger partial charge < -0.3 is 21.1 Å². The number of guanidine groups is 1. The molecule has 3 aromatic rings. The molecule has 136 valence electrons.